The third-order valence-corrected chi connectivity index (χ3v) is 3.70. The topological polar surface area (TPSA) is 57.8 Å². The Kier molecular flexibility index (Phi) is 4.39. The summed E-state index contributed by atoms with van der Waals surface area (Å²) in [6.07, 6.45) is 3.75. The summed E-state index contributed by atoms with van der Waals surface area (Å²) in [4.78, 5) is 18.8. The van der Waals surface area contributed by atoms with Crippen LogP contribution in [-0.2, 0) is 6.54 Å². The van der Waals surface area contributed by atoms with Crippen molar-refractivity contribution >= 4 is 11.6 Å². The Bertz CT molecular complexity index is 812. The van der Waals surface area contributed by atoms with Crippen molar-refractivity contribution in [3.05, 3.63) is 71.7 Å². The molecule has 23 heavy (non-hydrogen) atoms. The van der Waals surface area contributed by atoms with E-state index in [-0.39, 0.29) is 12.5 Å². The van der Waals surface area contributed by atoms with Crippen LogP contribution in [0.5, 0.6) is 0 Å². The molecule has 0 spiro atoms. The molecule has 0 atom stereocenters. The van der Waals surface area contributed by atoms with Crippen molar-refractivity contribution in [2.75, 3.05) is 13.2 Å². The summed E-state index contributed by atoms with van der Waals surface area (Å²) in [5.74, 6) is -0.106. The Balaban J connectivity index is 1.86. The molecular weight excluding hydrogens is 290 g/mol. The minimum Gasteiger partial charge on any atom is -0.395 e. The van der Waals surface area contributed by atoms with E-state index in [1.54, 1.807) is 17.0 Å². The van der Waals surface area contributed by atoms with Crippen LogP contribution in [0.25, 0.3) is 5.65 Å². The van der Waals surface area contributed by atoms with Gasteiger partial charge in [0.05, 0.1) is 12.3 Å². The van der Waals surface area contributed by atoms with Gasteiger partial charge in [-0.2, -0.15) is 0 Å². The summed E-state index contributed by atoms with van der Waals surface area (Å²) >= 11 is 0. The van der Waals surface area contributed by atoms with Crippen LogP contribution in [0, 0.1) is 6.92 Å². The van der Waals surface area contributed by atoms with Gasteiger partial charge in [0.15, 0.2) is 0 Å². The Hall–Kier alpha value is -2.66. The van der Waals surface area contributed by atoms with Crippen molar-refractivity contribution in [3.8, 4) is 0 Å². The Morgan fingerprint density at radius 2 is 2.04 bits per heavy atom. The number of aliphatic hydroxyl groups excluding tert-OH is 1. The average molecular weight is 309 g/mol. The van der Waals surface area contributed by atoms with E-state index in [1.807, 2.05) is 54.0 Å². The maximum absolute atomic E-state index is 12.8. The number of benzene rings is 1. The molecule has 2 aromatic heterocycles. The maximum atomic E-state index is 12.8. The van der Waals surface area contributed by atoms with Gasteiger partial charge in [-0.3, -0.25) is 4.79 Å². The normalized spacial score (nSPS) is 10.9. The molecule has 118 valence electrons. The smallest absolute Gasteiger partial charge is 0.254 e. The van der Waals surface area contributed by atoms with E-state index in [0.29, 0.717) is 18.7 Å². The fourth-order valence-electron chi connectivity index (χ4n) is 2.60. The van der Waals surface area contributed by atoms with E-state index < -0.39 is 0 Å². The lowest BCUT2D eigenvalue weighted by Gasteiger charge is -2.22. The minimum absolute atomic E-state index is 0.0662. The number of aryl methyl sites for hydroxylation is 1. The Labute approximate surface area is 134 Å². The number of hydrogen-bond acceptors (Lipinski definition) is 3. The van der Waals surface area contributed by atoms with E-state index >= 15 is 0 Å². The van der Waals surface area contributed by atoms with Gasteiger partial charge < -0.3 is 14.4 Å². The number of carbonyl (C=O) groups excluding carboxylic acids is 1. The molecule has 1 amide bonds. The zero-order valence-electron chi connectivity index (χ0n) is 13.0. The SMILES string of the molecule is Cc1cn2ccc(C(=O)N(CCO)Cc3ccccc3)cc2n1. The molecule has 2 heterocycles. The zero-order valence-corrected chi connectivity index (χ0v) is 13.0. The molecule has 0 aliphatic heterocycles. The van der Waals surface area contributed by atoms with Gasteiger partial charge in [-0.25, -0.2) is 4.98 Å². The van der Waals surface area contributed by atoms with Crippen LogP contribution in [-0.4, -0.2) is 38.4 Å². The molecule has 0 saturated heterocycles. The molecular formula is C18H19N3O2. The lowest BCUT2D eigenvalue weighted by Crippen LogP contribution is -2.33. The molecule has 0 fully saturated rings. The molecule has 0 bridgehead atoms. The monoisotopic (exact) mass is 309 g/mol. The molecule has 5 heteroatoms. The van der Waals surface area contributed by atoms with Gasteiger partial charge in [-0.05, 0) is 24.6 Å². The van der Waals surface area contributed by atoms with Gasteiger partial charge in [-0.1, -0.05) is 30.3 Å². The molecule has 0 radical (unpaired) electrons. The summed E-state index contributed by atoms with van der Waals surface area (Å²) in [5.41, 5.74) is 3.27. The number of aromatic nitrogens is 2. The van der Waals surface area contributed by atoms with Crippen LogP contribution < -0.4 is 0 Å². The molecule has 1 N–H and O–H groups in total. The first-order valence-electron chi connectivity index (χ1n) is 7.57. The summed E-state index contributed by atoms with van der Waals surface area (Å²) in [7, 11) is 0. The third-order valence-electron chi connectivity index (χ3n) is 3.70. The van der Waals surface area contributed by atoms with Gasteiger partial charge >= 0.3 is 0 Å². The molecule has 0 aliphatic carbocycles. The Morgan fingerprint density at radius 1 is 1.26 bits per heavy atom. The second-order valence-corrected chi connectivity index (χ2v) is 5.50. The highest BCUT2D eigenvalue weighted by molar-refractivity contribution is 5.95. The standard InChI is InChI=1S/C18H19N3O2/c1-14-12-20-8-7-16(11-17(20)19-14)18(23)21(9-10-22)13-15-5-3-2-4-6-15/h2-8,11-12,22H,9-10,13H2,1H3. The number of fused-ring (bicyclic) bond motifs is 1. The number of carbonyl (C=O) groups is 1. The van der Waals surface area contributed by atoms with Gasteiger partial charge in [0.25, 0.3) is 5.91 Å². The largest absolute Gasteiger partial charge is 0.395 e. The highest BCUT2D eigenvalue weighted by atomic mass is 16.3. The van der Waals surface area contributed by atoms with Crippen LogP contribution in [0.3, 0.4) is 0 Å². The second kappa shape index (κ2) is 6.62. The lowest BCUT2D eigenvalue weighted by molar-refractivity contribution is 0.0708. The number of aliphatic hydroxyl groups is 1. The van der Waals surface area contributed by atoms with Gasteiger partial charge in [0, 0.05) is 31.0 Å². The van der Waals surface area contributed by atoms with E-state index in [2.05, 4.69) is 4.98 Å². The van der Waals surface area contributed by atoms with E-state index in [1.165, 1.54) is 0 Å². The van der Waals surface area contributed by atoms with Gasteiger partial charge in [0.1, 0.15) is 5.65 Å². The number of amides is 1. The van der Waals surface area contributed by atoms with Crippen LogP contribution in [0.2, 0.25) is 0 Å². The predicted octanol–water partition coefficient (Wildman–Crippen LogP) is 2.28. The summed E-state index contributed by atoms with van der Waals surface area (Å²) in [6.45, 7) is 2.62. The maximum Gasteiger partial charge on any atom is 0.254 e. The van der Waals surface area contributed by atoms with Crippen molar-refractivity contribution in [2.24, 2.45) is 0 Å². The predicted molar refractivity (Wildman–Crippen MR) is 88.2 cm³/mol. The molecule has 3 rings (SSSR count). The number of pyridine rings is 1. The molecule has 0 unspecified atom stereocenters. The summed E-state index contributed by atoms with van der Waals surface area (Å²) in [5, 5.41) is 9.28. The molecule has 5 nitrogen and oxygen atoms in total. The quantitative estimate of drug-likeness (QED) is 0.786. The molecule has 0 aliphatic rings. The van der Waals surface area contributed by atoms with Crippen LogP contribution in [0.1, 0.15) is 21.6 Å². The average Bonchev–Trinajstić information content (AvgIpc) is 2.94. The second-order valence-electron chi connectivity index (χ2n) is 5.50. The number of rotatable bonds is 5. The summed E-state index contributed by atoms with van der Waals surface area (Å²) in [6, 6.07) is 13.3. The van der Waals surface area contributed by atoms with Crippen molar-refractivity contribution in [3.63, 3.8) is 0 Å². The zero-order chi connectivity index (χ0) is 16.2. The fraction of sp³-hybridized carbons (Fsp3) is 0.222. The van der Waals surface area contributed by atoms with Crippen molar-refractivity contribution in [1.82, 2.24) is 14.3 Å². The minimum atomic E-state index is -0.106. The fourth-order valence-corrected chi connectivity index (χ4v) is 2.60. The number of imidazole rings is 1. The third kappa shape index (κ3) is 3.40. The lowest BCUT2D eigenvalue weighted by atomic mass is 10.2. The molecule has 1 aromatic carbocycles. The number of nitrogens with zero attached hydrogens (tertiary/aromatic N) is 3. The van der Waals surface area contributed by atoms with Crippen molar-refractivity contribution in [2.45, 2.75) is 13.5 Å². The van der Waals surface area contributed by atoms with Crippen molar-refractivity contribution in [1.29, 1.82) is 0 Å². The van der Waals surface area contributed by atoms with Gasteiger partial charge in [-0.15, -0.1) is 0 Å². The van der Waals surface area contributed by atoms with E-state index in [4.69, 9.17) is 0 Å². The first-order valence-corrected chi connectivity index (χ1v) is 7.57. The van der Waals surface area contributed by atoms with E-state index in [9.17, 15) is 9.90 Å². The Morgan fingerprint density at radius 3 is 2.78 bits per heavy atom. The summed E-state index contributed by atoms with van der Waals surface area (Å²) < 4.78 is 1.89. The van der Waals surface area contributed by atoms with Crippen molar-refractivity contribution < 1.29 is 9.90 Å². The van der Waals surface area contributed by atoms with Crippen LogP contribution in [0.4, 0.5) is 0 Å². The first-order chi connectivity index (χ1) is 11.2. The first kappa shape index (κ1) is 15.2. The molecule has 3 aromatic rings. The van der Waals surface area contributed by atoms with Crippen LogP contribution in [0.15, 0.2) is 54.9 Å². The van der Waals surface area contributed by atoms with Gasteiger partial charge in [0.2, 0.25) is 0 Å². The van der Waals surface area contributed by atoms with Crippen LogP contribution >= 0.6 is 0 Å². The highest BCUT2D eigenvalue weighted by Gasteiger charge is 2.16. The number of hydrogen-bond donors (Lipinski definition) is 1. The van der Waals surface area contributed by atoms with E-state index in [0.717, 1.165) is 16.9 Å². The molecule has 0 saturated carbocycles. The highest BCUT2D eigenvalue weighted by Crippen LogP contribution is 2.13.